The van der Waals surface area contributed by atoms with Gasteiger partial charge in [0.2, 0.25) is 0 Å². The molecule has 2 unspecified atom stereocenters. The Morgan fingerprint density at radius 1 is 1.56 bits per heavy atom. The summed E-state index contributed by atoms with van der Waals surface area (Å²) < 4.78 is 0. The van der Waals surface area contributed by atoms with E-state index in [0.29, 0.717) is 5.41 Å². The number of rotatable bonds is 1. The topological polar surface area (TPSA) is 0 Å². The van der Waals surface area contributed by atoms with Crippen molar-refractivity contribution in [1.82, 2.24) is 0 Å². The second-order valence-electron chi connectivity index (χ2n) is 3.59. The fourth-order valence-corrected chi connectivity index (χ4v) is 1.79. The normalized spacial score (nSPS) is 43.7. The van der Waals surface area contributed by atoms with Crippen molar-refractivity contribution in [3.8, 4) is 0 Å². The monoisotopic (exact) mass is 125 g/mol. The van der Waals surface area contributed by atoms with Gasteiger partial charge in [-0.1, -0.05) is 33.6 Å². The van der Waals surface area contributed by atoms with Gasteiger partial charge in [0, 0.05) is 0 Å². The Bertz CT molecular complexity index is 96.2. The summed E-state index contributed by atoms with van der Waals surface area (Å²) in [6.45, 7) is 6.94. The molecular weight excluding hydrogens is 108 g/mol. The van der Waals surface area contributed by atoms with Crippen LogP contribution in [0.3, 0.4) is 0 Å². The van der Waals surface area contributed by atoms with Crippen LogP contribution in [0.4, 0.5) is 0 Å². The lowest BCUT2D eigenvalue weighted by atomic mass is 9.79. The van der Waals surface area contributed by atoms with Crippen LogP contribution in [0.15, 0.2) is 0 Å². The standard InChI is InChI=1S/C9H17/c1-4-9(3)7-5-6-8(9)2/h4,8H,5-7H2,1-3H3. The Morgan fingerprint density at radius 2 is 2.22 bits per heavy atom. The molecule has 0 aromatic carbocycles. The van der Waals surface area contributed by atoms with Gasteiger partial charge in [0.25, 0.3) is 0 Å². The van der Waals surface area contributed by atoms with Crippen molar-refractivity contribution >= 4 is 0 Å². The minimum absolute atomic E-state index is 0.569. The number of hydrogen-bond donors (Lipinski definition) is 0. The highest BCUT2D eigenvalue weighted by atomic mass is 14.4. The first-order chi connectivity index (χ1) is 4.19. The molecule has 0 nitrogen and oxygen atoms in total. The van der Waals surface area contributed by atoms with E-state index in [1.807, 2.05) is 0 Å². The molecule has 0 spiro atoms. The predicted octanol–water partition coefficient (Wildman–Crippen LogP) is 3.04. The summed E-state index contributed by atoms with van der Waals surface area (Å²) in [7, 11) is 0. The van der Waals surface area contributed by atoms with Crippen molar-refractivity contribution in [2.45, 2.75) is 40.0 Å². The second-order valence-corrected chi connectivity index (χ2v) is 3.59. The highest BCUT2D eigenvalue weighted by Gasteiger charge is 2.33. The molecule has 0 bridgehead atoms. The largest absolute Gasteiger partial charge is 0.0620 e. The SMILES string of the molecule is C[CH]C1(C)CCCC1C. The van der Waals surface area contributed by atoms with Crippen LogP contribution in [0.1, 0.15) is 40.0 Å². The maximum absolute atomic E-state index is 2.38. The molecule has 0 aromatic rings. The maximum Gasteiger partial charge on any atom is -0.0272 e. The molecule has 1 aliphatic rings. The minimum Gasteiger partial charge on any atom is -0.0620 e. The lowest BCUT2D eigenvalue weighted by molar-refractivity contribution is 0.302. The molecule has 0 heteroatoms. The van der Waals surface area contributed by atoms with Crippen LogP contribution in [0.25, 0.3) is 0 Å². The molecule has 0 aromatic heterocycles. The van der Waals surface area contributed by atoms with Crippen molar-refractivity contribution in [1.29, 1.82) is 0 Å². The predicted molar refractivity (Wildman–Crippen MR) is 41.1 cm³/mol. The van der Waals surface area contributed by atoms with E-state index < -0.39 is 0 Å². The van der Waals surface area contributed by atoms with Crippen molar-refractivity contribution in [2.24, 2.45) is 11.3 Å². The molecule has 9 heavy (non-hydrogen) atoms. The molecule has 0 heterocycles. The summed E-state index contributed by atoms with van der Waals surface area (Å²) in [6.07, 6.45) is 6.65. The molecule has 1 radical (unpaired) electrons. The molecule has 0 aliphatic heterocycles. The van der Waals surface area contributed by atoms with Crippen LogP contribution in [-0.2, 0) is 0 Å². The van der Waals surface area contributed by atoms with Gasteiger partial charge in [-0.25, -0.2) is 0 Å². The summed E-state index contributed by atoms with van der Waals surface area (Å²) in [5, 5.41) is 0. The lowest BCUT2D eigenvalue weighted by Crippen LogP contribution is -2.18. The van der Waals surface area contributed by atoms with E-state index in [9.17, 15) is 0 Å². The van der Waals surface area contributed by atoms with E-state index in [1.54, 1.807) is 0 Å². The van der Waals surface area contributed by atoms with Gasteiger partial charge in [-0.3, -0.25) is 0 Å². The fourth-order valence-electron chi connectivity index (χ4n) is 1.79. The van der Waals surface area contributed by atoms with Crippen molar-refractivity contribution in [3.63, 3.8) is 0 Å². The molecule has 1 saturated carbocycles. The lowest BCUT2D eigenvalue weighted by Gasteiger charge is -2.26. The van der Waals surface area contributed by atoms with Gasteiger partial charge in [0.1, 0.15) is 0 Å². The first-order valence-corrected chi connectivity index (χ1v) is 3.99. The van der Waals surface area contributed by atoms with E-state index in [2.05, 4.69) is 27.2 Å². The van der Waals surface area contributed by atoms with Gasteiger partial charge in [-0.15, -0.1) is 0 Å². The first kappa shape index (κ1) is 7.11. The van der Waals surface area contributed by atoms with Gasteiger partial charge >= 0.3 is 0 Å². The van der Waals surface area contributed by atoms with E-state index in [1.165, 1.54) is 19.3 Å². The summed E-state index contributed by atoms with van der Waals surface area (Å²) in [6, 6.07) is 0. The molecule has 1 rings (SSSR count). The molecule has 1 aliphatic carbocycles. The van der Waals surface area contributed by atoms with E-state index in [0.717, 1.165) is 5.92 Å². The summed E-state index contributed by atoms with van der Waals surface area (Å²) in [4.78, 5) is 0. The average Bonchev–Trinajstić information content (AvgIpc) is 2.15. The van der Waals surface area contributed by atoms with Gasteiger partial charge in [-0.2, -0.15) is 0 Å². The third-order valence-corrected chi connectivity index (χ3v) is 3.14. The molecular formula is C9H17. The van der Waals surface area contributed by atoms with Crippen molar-refractivity contribution in [2.75, 3.05) is 0 Å². The first-order valence-electron chi connectivity index (χ1n) is 3.99. The minimum atomic E-state index is 0.569. The Labute approximate surface area is 58.7 Å². The smallest absolute Gasteiger partial charge is 0.0272 e. The summed E-state index contributed by atoms with van der Waals surface area (Å²) >= 11 is 0. The van der Waals surface area contributed by atoms with Crippen molar-refractivity contribution in [3.05, 3.63) is 6.42 Å². The van der Waals surface area contributed by atoms with Gasteiger partial charge < -0.3 is 0 Å². The van der Waals surface area contributed by atoms with E-state index in [4.69, 9.17) is 0 Å². The third-order valence-electron chi connectivity index (χ3n) is 3.14. The van der Waals surface area contributed by atoms with Crippen molar-refractivity contribution < 1.29 is 0 Å². The molecule has 2 atom stereocenters. The van der Waals surface area contributed by atoms with Gasteiger partial charge in [0.15, 0.2) is 0 Å². The molecule has 0 saturated heterocycles. The number of hydrogen-bond acceptors (Lipinski definition) is 0. The molecule has 0 amide bonds. The summed E-state index contributed by atoms with van der Waals surface area (Å²) in [5.74, 6) is 0.919. The zero-order chi connectivity index (χ0) is 6.91. The Hall–Kier alpha value is 0. The maximum atomic E-state index is 2.38. The molecule has 1 fully saturated rings. The van der Waals surface area contributed by atoms with Gasteiger partial charge in [-0.05, 0) is 24.2 Å². The van der Waals surface area contributed by atoms with Crippen LogP contribution in [0.2, 0.25) is 0 Å². The third kappa shape index (κ3) is 1.12. The molecule has 53 valence electrons. The quantitative estimate of drug-likeness (QED) is 0.505. The fraction of sp³-hybridized carbons (Fsp3) is 0.889. The Morgan fingerprint density at radius 3 is 2.44 bits per heavy atom. The van der Waals surface area contributed by atoms with Crippen LogP contribution >= 0.6 is 0 Å². The second kappa shape index (κ2) is 2.32. The van der Waals surface area contributed by atoms with Crippen LogP contribution in [0, 0.1) is 17.8 Å². The Kier molecular flexibility index (Phi) is 1.83. The summed E-state index contributed by atoms with van der Waals surface area (Å²) in [5.41, 5.74) is 0.569. The zero-order valence-corrected chi connectivity index (χ0v) is 6.78. The van der Waals surface area contributed by atoms with Crippen LogP contribution in [0.5, 0.6) is 0 Å². The van der Waals surface area contributed by atoms with Crippen LogP contribution < -0.4 is 0 Å². The van der Waals surface area contributed by atoms with Gasteiger partial charge in [0.05, 0.1) is 0 Å². The highest BCUT2D eigenvalue weighted by molar-refractivity contribution is 4.93. The molecule has 0 N–H and O–H groups in total. The van der Waals surface area contributed by atoms with E-state index >= 15 is 0 Å². The van der Waals surface area contributed by atoms with Crippen LogP contribution in [-0.4, -0.2) is 0 Å². The van der Waals surface area contributed by atoms with E-state index in [-0.39, 0.29) is 0 Å². The average molecular weight is 125 g/mol. The zero-order valence-electron chi connectivity index (χ0n) is 6.78. The highest BCUT2D eigenvalue weighted by Crippen LogP contribution is 2.44. The Balaban J connectivity index is 2.56.